The standard InChI is InChI=1S/C17H23N5/c1-2-7-15-14(5-1)6-3-4-9-22(15)17-11-16(19-12-20-17)21-10-8-18-13-21/h8,10-15H,1-7,9H2/t14-,15+/m0/s1. The van der Waals surface area contributed by atoms with Gasteiger partial charge in [-0.2, -0.15) is 0 Å². The number of aromatic nitrogens is 4. The minimum absolute atomic E-state index is 0.668. The Hall–Kier alpha value is -1.91. The van der Waals surface area contributed by atoms with Crippen LogP contribution in [0.3, 0.4) is 0 Å². The first-order valence-corrected chi connectivity index (χ1v) is 8.49. The van der Waals surface area contributed by atoms with E-state index in [0.29, 0.717) is 6.04 Å². The monoisotopic (exact) mass is 297 g/mol. The van der Waals surface area contributed by atoms with Gasteiger partial charge in [0.25, 0.3) is 0 Å². The van der Waals surface area contributed by atoms with Gasteiger partial charge >= 0.3 is 0 Å². The molecule has 4 rings (SSSR count). The molecule has 0 amide bonds. The van der Waals surface area contributed by atoms with Crippen molar-refractivity contribution >= 4 is 5.82 Å². The molecule has 0 spiro atoms. The summed E-state index contributed by atoms with van der Waals surface area (Å²) in [6, 6.07) is 2.78. The molecule has 0 bridgehead atoms. The van der Waals surface area contributed by atoms with Crippen molar-refractivity contribution in [2.75, 3.05) is 11.4 Å². The van der Waals surface area contributed by atoms with Crippen LogP contribution in [0.15, 0.2) is 31.1 Å². The Morgan fingerprint density at radius 3 is 2.64 bits per heavy atom. The molecule has 1 saturated heterocycles. The lowest BCUT2D eigenvalue weighted by Crippen LogP contribution is -2.42. The van der Waals surface area contributed by atoms with Crippen LogP contribution in [0, 0.1) is 5.92 Å². The van der Waals surface area contributed by atoms with Crippen LogP contribution >= 0.6 is 0 Å². The maximum absolute atomic E-state index is 4.59. The molecule has 0 N–H and O–H groups in total. The van der Waals surface area contributed by atoms with Crippen molar-refractivity contribution in [2.24, 2.45) is 5.92 Å². The molecule has 5 heteroatoms. The van der Waals surface area contributed by atoms with Crippen LogP contribution in [-0.4, -0.2) is 32.1 Å². The van der Waals surface area contributed by atoms with Crippen molar-refractivity contribution in [3.05, 3.63) is 31.1 Å². The molecule has 1 aliphatic carbocycles. The van der Waals surface area contributed by atoms with Crippen LogP contribution < -0.4 is 4.90 Å². The number of anilines is 1. The highest BCUT2D eigenvalue weighted by Gasteiger charge is 2.32. The fourth-order valence-electron chi connectivity index (χ4n) is 4.10. The first-order chi connectivity index (χ1) is 10.9. The summed E-state index contributed by atoms with van der Waals surface area (Å²) in [7, 11) is 0. The predicted octanol–water partition coefficient (Wildman–Crippen LogP) is 3.21. The smallest absolute Gasteiger partial charge is 0.143 e. The number of hydrogen-bond acceptors (Lipinski definition) is 4. The molecular formula is C17H23N5. The molecule has 1 saturated carbocycles. The number of hydrogen-bond donors (Lipinski definition) is 0. The van der Waals surface area contributed by atoms with Gasteiger partial charge in [0.15, 0.2) is 0 Å². The molecule has 2 atom stereocenters. The summed E-state index contributed by atoms with van der Waals surface area (Å²) in [5, 5.41) is 0. The zero-order valence-electron chi connectivity index (χ0n) is 12.9. The van der Waals surface area contributed by atoms with Crippen LogP contribution in [0.4, 0.5) is 5.82 Å². The Bertz CT molecular complexity index is 609. The van der Waals surface area contributed by atoms with Crippen molar-refractivity contribution in [3.63, 3.8) is 0 Å². The van der Waals surface area contributed by atoms with E-state index >= 15 is 0 Å². The number of nitrogens with zero attached hydrogens (tertiary/aromatic N) is 5. The van der Waals surface area contributed by atoms with Crippen LogP contribution in [0.25, 0.3) is 5.82 Å². The molecule has 2 aromatic heterocycles. The highest BCUT2D eigenvalue weighted by molar-refractivity contribution is 5.45. The van der Waals surface area contributed by atoms with E-state index in [4.69, 9.17) is 0 Å². The van der Waals surface area contributed by atoms with Gasteiger partial charge in [-0.3, -0.25) is 4.57 Å². The first-order valence-electron chi connectivity index (χ1n) is 8.49. The fourth-order valence-corrected chi connectivity index (χ4v) is 4.10. The third-order valence-corrected chi connectivity index (χ3v) is 5.19. The highest BCUT2D eigenvalue weighted by atomic mass is 15.2. The van der Waals surface area contributed by atoms with Gasteiger partial charge in [0.05, 0.1) is 0 Å². The van der Waals surface area contributed by atoms with E-state index < -0.39 is 0 Å². The van der Waals surface area contributed by atoms with Gasteiger partial charge in [0, 0.05) is 31.0 Å². The van der Waals surface area contributed by atoms with E-state index in [1.807, 2.05) is 10.8 Å². The zero-order chi connectivity index (χ0) is 14.8. The highest BCUT2D eigenvalue weighted by Crippen LogP contribution is 2.36. The Morgan fingerprint density at radius 2 is 1.77 bits per heavy atom. The Balaban J connectivity index is 1.66. The molecule has 0 unspecified atom stereocenters. The minimum atomic E-state index is 0.668. The van der Waals surface area contributed by atoms with Crippen molar-refractivity contribution in [1.29, 1.82) is 0 Å². The number of rotatable bonds is 2. The summed E-state index contributed by atoms with van der Waals surface area (Å²) >= 11 is 0. The van der Waals surface area contributed by atoms with E-state index in [0.717, 1.165) is 24.1 Å². The minimum Gasteiger partial charge on any atom is -0.353 e. The normalized spacial score (nSPS) is 25.5. The van der Waals surface area contributed by atoms with E-state index in [9.17, 15) is 0 Å². The van der Waals surface area contributed by atoms with Crippen molar-refractivity contribution in [3.8, 4) is 5.82 Å². The van der Waals surface area contributed by atoms with Crippen LogP contribution in [0.5, 0.6) is 0 Å². The molecule has 2 aromatic rings. The molecule has 22 heavy (non-hydrogen) atoms. The van der Waals surface area contributed by atoms with Gasteiger partial charge in [0.1, 0.15) is 24.3 Å². The maximum atomic E-state index is 4.59. The van der Waals surface area contributed by atoms with E-state index in [1.54, 1.807) is 18.9 Å². The van der Waals surface area contributed by atoms with Crippen molar-refractivity contribution in [2.45, 2.75) is 51.0 Å². The molecule has 0 radical (unpaired) electrons. The second-order valence-corrected chi connectivity index (χ2v) is 6.51. The zero-order valence-corrected chi connectivity index (χ0v) is 12.9. The predicted molar refractivity (Wildman–Crippen MR) is 86.1 cm³/mol. The maximum Gasteiger partial charge on any atom is 0.143 e. The second-order valence-electron chi connectivity index (χ2n) is 6.51. The molecule has 0 aromatic carbocycles. The lowest BCUT2D eigenvalue weighted by molar-refractivity contribution is 0.290. The lowest BCUT2D eigenvalue weighted by Gasteiger charge is -2.39. The Kier molecular flexibility index (Phi) is 3.79. The van der Waals surface area contributed by atoms with Gasteiger partial charge in [-0.1, -0.05) is 19.3 Å². The van der Waals surface area contributed by atoms with Gasteiger partial charge in [-0.25, -0.2) is 15.0 Å². The Morgan fingerprint density at radius 1 is 0.955 bits per heavy atom. The summed E-state index contributed by atoms with van der Waals surface area (Å²) in [5.41, 5.74) is 0. The van der Waals surface area contributed by atoms with Gasteiger partial charge in [-0.15, -0.1) is 0 Å². The van der Waals surface area contributed by atoms with Crippen LogP contribution in [0.2, 0.25) is 0 Å². The van der Waals surface area contributed by atoms with Crippen molar-refractivity contribution in [1.82, 2.24) is 19.5 Å². The summed E-state index contributed by atoms with van der Waals surface area (Å²) < 4.78 is 1.95. The third kappa shape index (κ3) is 2.60. The molecule has 116 valence electrons. The van der Waals surface area contributed by atoms with E-state index in [-0.39, 0.29) is 0 Å². The van der Waals surface area contributed by atoms with Crippen LogP contribution in [-0.2, 0) is 0 Å². The molecular weight excluding hydrogens is 274 g/mol. The molecule has 5 nitrogen and oxygen atoms in total. The largest absolute Gasteiger partial charge is 0.353 e. The van der Waals surface area contributed by atoms with Crippen molar-refractivity contribution < 1.29 is 0 Å². The Labute approximate surface area is 131 Å². The molecule has 1 aliphatic heterocycles. The van der Waals surface area contributed by atoms with Gasteiger partial charge in [0.2, 0.25) is 0 Å². The third-order valence-electron chi connectivity index (χ3n) is 5.19. The van der Waals surface area contributed by atoms with Crippen LogP contribution in [0.1, 0.15) is 44.9 Å². The summed E-state index contributed by atoms with van der Waals surface area (Å²) in [5.74, 6) is 2.83. The van der Waals surface area contributed by atoms with E-state index in [1.165, 1.54) is 44.9 Å². The van der Waals surface area contributed by atoms with Gasteiger partial charge in [-0.05, 0) is 31.6 Å². The van der Waals surface area contributed by atoms with Gasteiger partial charge < -0.3 is 4.90 Å². The summed E-state index contributed by atoms with van der Waals surface area (Å²) in [4.78, 5) is 15.6. The second kappa shape index (κ2) is 6.07. The first kappa shape index (κ1) is 13.7. The topological polar surface area (TPSA) is 46.8 Å². The summed E-state index contributed by atoms with van der Waals surface area (Å²) in [6.07, 6.45) is 16.7. The average Bonchev–Trinajstić information content (AvgIpc) is 3.02. The molecule has 2 aliphatic rings. The fraction of sp³-hybridized carbons (Fsp3) is 0.588. The SMILES string of the molecule is c1cn(-c2cc(N3CCCC[C@@H]4CCCC[C@H]43)ncn2)cn1. The van der Waals surface area contributed by atoms with E-state index in [2.05, 4.69) is 25.9 Å². The summed E-state index contributed by atoms with van der Waals surface area (Å²) in [6.45, 7) is 1.13. The number of imidazole rings is 1. The number of fused-ring (bicyclic) bond motifs is 1. The molecule has 3 heterocycles. The average molecular weight is 297 g/mol. The molecule has 2 fully saturated rings. The lowest BCUT2D eigenvalue weighted by atomic mass is 9.81. The quantitative estimate of drug-likeness (QED) is 0.854.